The largest absolute Gasteiger partial charge is 0.368 e. The molecule has 1 saturated heterocycles. The molecule has 0 bridgehead atoms. The molecule has 1 aliphatic heterocycles. The normalized spacial score (nSPS) is 21.3. The van der Waals surface area contributed by atoms with Crippen LogP contribution in [0, 0.1) is 0 Å². The van der Waals surface area contributed by atoms with E-state index in [1.807, 2.05) is 0 Å². The molecule has 0 aromatic heterocycles. The molecule has 0 amide bonds. The van der Waals surface area contributed by atoms with E-state index >= 15 is 0 Å². The third-order valence-electron chi connectivity index (χ3n) is 3.76. The number of hydrogen-bond donors (Lipinski definition) is 1. The second kappa shape index (κ2) is 6.04. The average Bonchev–Trinajstić information content (AvgIpc) is 2.38. The summed E-state index contributed by atoms with van der Waals surface area (Å²) in [6, 6.07) is 7.05. The fraction of sp³-hybridized carbons (Fsp3) is 0.571. The fourth-order valence-corrected chi connectivity index (χ4v) is 3.29. The van der Waals surface area contributed by atoms with Crippen LogP contribution in [0.15, 0.2) is 22.7 Å². The second-order valence-corrected chi connectivity index (χ2v) is 5.77. The number of benzene rings is 1. The van der Waals surface area contributed by atoms with Crippen LogP contribution in [-0.2, 0) is 6.54 Å². The summed E-state index contributed by atoms with van der Waals surface area (Å²) in [6.45, 7) is 9.60. The summed E-state index contributed by atoms with van der Waals surface area (Å²) < 4.78 is 1.16. The summed E-state index contributed by atoms with van der Waals surface area (Å²) in [6.07, 6.45) is 0. The van der Waals surface area contributed by atoms with E-state index in [1.165, 1.54) is 11.3 Å². The lowest BCUT2D eigenvalue weighted by Gasteiger charge is -2.40. The van der Waals surface area contributed by atoms with Gasteiger partial charge in [0.25, 0.3) is 0 Å². The molecule has 1 atom stereocenters. The molecule has 0 radical (unpaired) electrons. The highest BCUT2D eigenvalue weighted by Gasteiger charge is 2.23. The van der Waals surface area contributed by atoms with Gasteiger partial charge in [-0.15, -0.1) is 0 Å². The van der Waals surface area contributed by atoms with Crippen LogP contribution in [0.3, 0.4) is 0 Å². The summed E-state index contributed by atoms with van der Waals surface area (Å²) in [7, 11) is 0. The number of nitrogens with zero attached hydrogens (tertiary/aromatic N) is 2. The van der Waals surface area contributed by atoms with E-state index in [0.717, 1.165) is 30.7 Å². The van der Waals surface area contributed by atoms with Crippen LogP contribution in [0.2, 0.25) is 0 Å². The summed E-state index contributed by atoms with van der Waals surface area (Å²) in [4.78, 5) is 4.99. The maximum Gasteiger partial charge on any atom is 0.0511 e. The number of hydrogen-bond acceptors (Lipinski definition) is 3. The van der Waals surface area contributed by atoms with Gasteiger partial charge in [0.15, 0.2) is 0 Å². The molecular weight excluding hydrogens is 290 g/mol. The first-order valence-electron chi connectivity index (χ1n) is 6.63. The van der Waals surface area contributed by atoms with E-state index in [-0.39, 0.29) is 0 Å². The Balaban J connectivity index is 2.13. The molecule has 1 aliphatic rings. The van der Waals surface area contributed by atoms with Crippen LogP contribution in [0.1, 0.15) is 19.4 Å². The number of halogens is 1. The monoisotopic (exact) mass is 311 g/mol. The Morgan fingerprint density at radius 3 is 2.72 bits per heavy atom. The Morgan fingerprint density at radius 1 is 1.39 bits per heavy atom. The van der Waals surface area contributed by atoms with Gasteiger partial charge in [0, 0.05) is 36.7 Å². The zero-order valence-corrected chi connectivity index (χ0v) is 12.8. The van der Waals surface area contributed by atoms with Crippen molar-refractivity contribution in [1.82, 2.24) is 4.90 Å². The highest BCUT2D eigenvalue weighted by molar-refractivity contribution is 9.10. The Hall–Kier alpha value is -0.580. The number of nitrogens with two attached hydrogens (primary N) is 1. The lowest BCUT2D eigenvalue weighted by Crippen LogP contribution is -2.51. The molecular formula is C14H22BrN3. The van der Waals surface area contributed by atoms with Gasteiger partial charge in [-0.3, -0.25) is 4.90 Å². The van der Waals surface area contributed by atoms with Gasteiger partial charge in [0.1, 0.15) is 0 Å². The molecule has 1 heterocycles. The van der Waals surface area contributed by atoms with Gasteiger partial charge in [0.2, 0.25) is 0 Å². The van der Waals surface area contributed by atoms with E-state index in [2.05, 4.69) is 57.8 Å². The predicted molar refractivity (Wildman–Crippen MR) is 81.0 cm³/mol. The first-order chi connectivity index (χ1) is 8.65. The Labute approximate surface area is 118 Å². The number of rotatable bonds is 3. The maximum atomic E-state index is 5.66. The second-order valence-electron chi connectivity index (χ2n) is 4.91. The van der Waals surface area contributed by atoms with Gasteiger partial charge in [-0.05, 0) is 47.1 Å². The molecule has 1 fully saturated rings. The van der Waals surface area contributed by atoms with Crippen molar-refractivity contribution in [3.63, 3.8) is 0 Å². The predicted octanol–water partition coefficient (Wildman–Crippen LogP) is 2.44. The molecule has 2 rings (SSSR count). The van der Waals surface area contributed by atoms with E-state index in [4.69, 9.17) is 5.73 Å². The topological polar surface area (TPSA) is 32.5 Å². The van der Waals surface area contributed by atoms with Crippen molar-refractivity contribution in [2.75, 3.05) is 31.1 Å². The molecule has 1 aromatic rings. The lowest BCUT2D eigenvalue weighted by atomic mass is 10.1. The van der Waals surface area contributed by atoms with Crippen molar-refractivity contribution in [1.29, 1.82) is 0 Å². The molecule has 1 unspecified atom stereocenters. The maximum absolute atomic E-state index is 5.66. The van der Waals surface area contributed by atoms with E-state index in [9.17, 15) is 0 Å². The van der Waals surface area contributed by atoms with Crippen molar-refractivity contribution in [2.24, 2.45) is 5.73 Å². The van der Waals surface area contributed by atoms with Gasteiger partial charge in [0.05, 0.1) is 5.69 Å². The van der Waals surface area contributed by atoms with Crippen LogP contribution in [0.4, 0.5) is 5.69 Å². The number of likely N-dealkylation sites (N-methyl/N-ethyl adjacent to an activating group) is 1. The smallest absolute Gasteiger partial charge is 0.0511 e. The molecule has 3 nitrogen and oxygen atoms in total. The lowest BCUT2D eigenvalue weighted by molar-refractivity contribution is 0.199. The van der Waals surface area contributed by atoms with Gasteiger partial charge in [-0.25, -0.2) is 0 Å². The Morgan fingerprint density at radius 2 is 2.17 bits per heavy atom. The number of piperazine rings is 1. The summed E-state index contributed by atoms with van der Waals surface area (Å²) >= 11 is 3.66. The molecule has 18 heavy (non-hydrogen) atoms. The van der Waals surface area contributed by atoms with Gasteiger partial charge < -0.3 is 10.6 Å². The van der Waals surface area contributed by atoms with Crippen molar-refractivity contribution >= 4 is 21.6 Å². The van der Waals surface area contributed by atoms with E-state index in [1.54, 1.807) is 0 Å². The van der Waals surface area contributed by atoms with Gasteiger partial charge in [-0.2, -0.15) is 0 Å². The van der Waals surface area contributed by atoms with Crippen LogP contribution in [0.25, 0.3) is 0 Å². The third-order valence-corrected chi connectivity index (χ3v) is 4.39. The van der Waals surface area contributed by atoms with E-state index < -0.39 is 0 Å². The first-order valence-corrected chi connectivity index (χ1v) is 7.42. The quantitative estimate of drug-likeness (QED) is 0.930. The zero-order chi connectivity index (χ0) is 13.1. The average molecular weight is 312 g/mol. The van der Waals surface area contributed by atoms with Crippen molar-refractivity contribution < 1.29 is 0 Å². The summed E-state index contributed by atoms with van der Waals surface area (Å²) in [5.74, 6) is 0. The Bertz CT molecular complexity index is 408. The van der Waals surface area contributed by atoms with Crippen molar-refractivity contribution in [2.45, 2.75) is 26.4 Å². The van der Waals surface area contributed by atoms with Gasteiger partial charge >= 0.3 is 0 Å². The highest BCUT2D eigenvalue weighted by Crippen LogP contribution is 2.29. The van der Waals surface area contributed by atoms with Crippen LogP contribution in [-0.4, -0.2) is 37.1 Å². The van der Waals surface area contributed by atoms with Crippen LogP contribution < -0.4 is 10.6 Å². The van der Waals surface area contributed by atoms with Crippen molar-refractivity contribution in [3.8, 4) is 0 Å². The van der Waals surface area contributed by atoms with Crippen LogP contribution >= 0.6 is 15.9 Å². The number of anilines is 1. The minimum Gasteiger partial charge on any atom is -0.368 e. The van der Waals surface area contributed by atoms with Gasteiger partial charge in [-0.1, -0.05) is 13.0 Å². The molecule has 1 aromatic carbocycles. The third kappa shape index (κ3) is 2.87. The SMILES string of the molecule is CCN1CCN(c2ccc(CN)cc2Br)CC1C. The fourth-order valence-electron chi connectivity index (χ4n) is 2.62. The van der Waals surface area contributed by atoms with E-state index in [0.29, 0.717) is 12.6 Å². The molecule has 0 saturated carbocycles. The Kier molecular flexibility index (Phi) is 4.65. The van der Waals surface area contributed by atoms with Crippen LogP contribution in [0.5, 0.6) is 0 Å². The molecule has 2 N–H and O–H groups in total. The first kappa shape index (κ1) is 13.8. The zero-order valence-electron chi connectivity index (χ0n) is 11.2. The minimum absolute atomic E-state index is 0.596. The standard InChI is InChI=1S/C14H22BrN3/c1-3-17-6-7-18(10-11(17)2)14-5-4-12(9-16)8-13(14)15/h4-5,8,11H,3,6-7,9-10,16H2,1-2H3. The minimum atomic E-state index is 0.596. The molecule has 100 valence electrons. The summed E-state index contributed by atoms with van der Waals surface area (Å²) in [5.41, 5.74) is 8.12. The molecule has 4 heteroatoms. The summed E-state index contributed by atoms with van der Waals surface area (Å²) in [5, 5.41) is 0. The molecule has 0 aliphatic carbocycles. The molecule has 0 spiro atoms. The highest BCUT2D eigenvalue weighted by atomic mass is 79.9. The van der Waals surface area contributed by atoms with Crippen molar-refractivity contribution in [3.05, 3.63) is 28.2 Å².